The van der Waals surface area contributed by atoms with Gasteiger partial charge in [-0.25, -0.2) is 0 Å². The number of aliphatic carboxylic acids is 1. The van der Waals surface area contributed by atoms with Crippen LogP contribution in [0.1, 0.15) is 12.5 Å². The second-order valence-electron chi connectivity index (χ2n) is 4.02. The molecule has 4 heteroatoms. The Morgan fingerprint density at radius 2 is 2.06 bits per heavy atom. The molecule has 0 saturated heterocycles. The summed E-state index contributed by atoms with van der Waals surface area (Å²) >= 11 is 0. The average Bonchev–Trinajstić information content (AvgIpc) is 2.27. The largest absolute Gasteiger partial charge is 0.480 e. The van der Waals surface area contributed by atoms with Gasteiger partial charge in [0.1, 0.15) is 5.54 Å². The number of carboxylic acid groups (broad SMARTS) is 1. The number of hydrogen-bond acceptors (Lipinski definition) is 3. The van der Waals surface area contributed by atoms with Gasteiger partial charge in [0.15, 0.2) is 0 Å². The van der Waals surface area contributed by atoms with Gasteiger partial charge in [0.2, 0.25) is 0 Å². The summed E-state index contributed by atoms with van der Waals surface area (Å²) < 4.78 is 0. The minimum Gasteiger partial charge on any atom is -0.480 e. The molecule has 0 saturated carbocycles. The van der Waals surface area contributed by atoms with Crippen LogP contribution >= 0.6 is 0 Å². The number of hydrogen-bond donors (Lipinski definition) is 3. The molecule has 0 aromatic heterocycles. The van der Waals surface area contributed by atoms with E-state index in [1.54, 1.807) is 6.92 Å². The van der Waals surface area contributed by atoms with Crippen molar-refractivity contribution in [1.82, 2.24) is 5.32 Å². The SMILES string of the molecule is CC(Cc1ccccc1)(NCCN)C(=O)O. The lowest BCUT2D eigenvalue weighted by Gasteiger charge is -2.26. The molecule has 0 amide bonds. The molecule has 0 bridgehead atoms. The number of carboxylic acids is 1. The smallest absolute Gasteiger partial charge is 0.323 e. The fourth-order valence-electron chi connectivity index (χ4n) is 1.57. The molecular weight excluding hydrogens is 204 g/mol. The highest BCUT2D eigenvalue weighted by atomic mass is 16.4. The first-order valence-corrected chi connectivity index (χ1v) is 5.31. The standard InChI is InChI=1S/C12H18N2O2/c1-12(11(15)16,14-8-7-13)9-10-5-3-2-4-6-10/h2-6,14H,7-9,13H2,1H3,(H,15,16). The van der Waals surface area contributed by atoms with E-state index in [-0.39, 0.29) is 0 Å². The van der Waals surface area contributed by atoms with E-state index in [4.69, 9.17) is 5.73 Å². The summed E-state index contributed by atoms with van der Waals surface area (Å²) in [6.45, 7) is 2.60. The zero-order chi connectivity index (χ0) is 12.0. The third-order valence-electron chi connectivity index (χ3n) is 2.53. The van der Waals surface area contributed by atoms with Gasteiger partial charge in [-0.2, -0.15) is 0 Å². The van der Waals surface area contributed by atoms with Crippen molar-refractivity contribution in [3.05, 3.63) is 35.9 Å². The van der Waals surface area contributed by atoms with E-state index < -0.39 is 11.5 Å². The first kappa shape index (κ1) is 12.7. The highest BCUT2D eigenvalue weighted by Crippen LogP contribution is 2.13. The summed E-state index contributed by atoms with van der Waals surface area (Å²) in [6.07, 6.45) is 0.448. The van der Waals surface area contributed by atoms with Gasteiger partial charge in [-0.3, -0.25) is 4.79 Å². The van der Waals surface area contributed by atoms with E-state index in [0.717, 1.165) is 5.56 Å². The van der Waals surface area contributed by atoms with E-state index in [1.807, 2.05) is 30.3 Å². The van der Waals surface area contributed by atoms with E-state index in [1.165, 1.54) is 0 Å². The molecule has 0 radical (unpaired) electrons. The van der Waals surface area contributed by atoms with Gasteiger partial charge in [-0.05, 0) is 12.5 Å². The molecule has 1 aromatic carbocycles. The summed E-state index contributed by atoms with van der Waals surface area (Å²) in [4.78, 5) is 11.2. The van der Waals surface area contributed by atoms with Gasteiger partial charge < -0.3 is 16.2 Å². The monoisotopic (exact) mass is 222 g/mol. The first-order valence-electron chi connectivity index (χ1n) is 5.31. The lowest BCUT2D eigenvalue weighted by Crippen LogP contribution is -2.52. The van der Waals surface area contributed by atoms with Crippen LogP contribution in [0.15, 0.2) is 30.3 Å². The van der Waals surface area contributed by atoms with Crippen LogP contribution in [0.5, 0.6) is 0 Å². The molecule has 88 valence electrons. The van der Waals surface area contributed by atoms with Crippen LogP contribution in [0.3, 0.4) is 0 Å². The first-order chi connectivity index (χ1) is 7.58. The summed E-state index contributed by atoms with van der Waals surface area (Å²) in [5.74, 6) is -0.857. The second-order valence-corrected chi connectivity index (χ2v) is 4.02. The molecule has 1 atom stereocenters. The molecule has 0 spiro atoms. The van der Waals surface area contributed by atoms with Gasteiger partial charge in [0.25, 0.3) is 0 Å². The number of nitrogens with two attached hydrogens (primary N) is 1. The van der Waals surface area contributed by atoms with Crippen molar-refractivity contribution in [3.8, 4) is 0 Å². The van der Waals surface area contributed by atoms with E-state index in [2.05, 4.69) is 5.32 Å². The molecule has 1 aromatic rings. The highest BCUT2D eigenvalue weighted by Gasteiger charge is 2.32. The van der Waals surface area contributed by atoms with Crippen LogP contribution in [-0.2, 0) is 11.2 Å². The van der Waals surface area contributed by atoms with Crippen molar-refractivity contribution < 1.29 is 9.90 Å². The Labute approximate surface area is 95.5 Å². The Bertz CT molecular complexity index is 340. The van der Waals surface area contributed by atoms with Gasteiger partial charge >= 0.3 is 5.97 Å². The van der Waals surface area contributed by atoms with Gasteiger partial charge in [-0.1, -0.05) is 30.3 Å². The molecule has 0 aliphatic heterocycles. The van der Waals surface area contributed by atoms with Crippen molar-refractivity contribution in [1.29, 1.82) is 0 Å². The Kier molecular flexibility index (Phi) is 4.46. The zero-order valence-electron chi connectivity index (χ0n) is 9.44. The molecule has 1 unspecified atom stereocenters. The fourth-order valence-corrected chi connectivity index (χ4v) is 1.57. The number of nitrogens with one attached hydrogen (secondary N) is 1. The minimum absolute atomic E-state index is 0.428. The van der Waals surface area contributed by atoms with Gasteiger partial charge in [-0.15, -0.1) is 0 Å². The molecule has 1 rings (SSSR count). The second kappa shape index (κ2) is 5.63. The van der Waals surface area contributed by atoms with Crippen LogP contribution in [0.25, 0.3) is 0 Å². The predicted molar refractivity (Wildman–Crippen MR) is 63.2 cm³/mol. The van der Waals surface area contributed by atoms with Crippen LogP contribution in [0.4, 0.5) is 0 Å². The third kappa shape index (κ3) is 3.32. The Morgan fingerprint density at radius 3 is 2.56 bits per heavy atom. The fraction of sp³-hybridized carbons (Fsp3) is 0.417. The Morgan fingerprint density at radius 1 is 1.44 bits per heavy atom. The maximum absolute atomic E-state index is 11.2. The van der Waals surface area contributed by atoms with Gasteiger partial charge in [0, 0.05) is 19.5 Å². The van der Waals surface area contributed by atoms with Crippen molar-refractivity contribution in [2.45, 2.75) is 18.9 Å². The van der Waals surface area contributed by atoms with Gasteiger partial charge in [0.05, 0.1) is 0 Å². The molecular formula is C12H18N2O2. The lowest BCUT2D eigenvalue weighted by molar-refractivity contribution is -0.144. The summed E-state index contributed by atoms with van der Waals surface area (Å²) in [5.41, 5.74) is 5.41. The molecule has 0 aliphatic carbocycles. The molecule has 0 fully saturated rings. The quantitative estimate of drug-likeness (QED) is 0.659. The minimum atomic E-state index is -0.958. The van der Waals surface area contributed by atoms with E-state index >= 15 is 0 Å². The average molecular weight is 222 g/mol. The summed E-state index contributed by atoms with van der Waals surface area (Å²) in [6, 6.07) is 9.56. The molecule has 0 heterocycles. The number of rotatable bonds is 6. The molecule has 4 nitrogen and oxygen atoms in total. The van der Waals surface area contributed by atoms with Crippen molar-refractivity contribution >= 4 is 5.97 Å². The Hall–Kier alpha value is -1.39. The zero-order valence-corrected chi connectivity index (χ0v) is 9.44. The van der Waals surface area contributed by atoms with Crippen LogP contribution in [0.2, 0.25) is 0 Å². The summed E-state index contributed by atoms with van der Waals surface area (Å²) in [5, 5.41) is 12.2. The lowest BCUT2D eigenvalue weighted by atomic mass is 9.93. The Balaban J connectivity index is 2.75. The summed E-state index contributed by atoms with van der Waals surface area (Å²) in [7, 11) is 0. The van der Waals surface area contributed by atoms with Crippen molar-refractivity contribution in [3.63, 3.8) is 0 Å². The van der Waals surface area contributed by atoms with Crippen LogP contribution < -0.4 is 11.1 Å². The molecule has 0 aliphatic rings. The molecule has 4 N–H and O–H groups in total. The van der Waals surface area contributed by atoms with Crippen LogP contribution in [-0.4, -0.2) is 29.7 Å². The topological polar surface area (TPSA) is 75.3 Å². The van der Waals surface area contributed by atoms with Crippen LogP contribution in [0, 0.1) is 0 Å². The highest BCUT2D eigenvalue weighted by molar-refractivity contribution is 5.78. The number of carbonyl (C=O) groups is 1. The normalized spacial score (nSPS) is 14.4. The third-order valence-corrected chi connectivity index (χ3v) is 2.53. The maximum atomic E-state index is 11.2. The van der Waals surface area contributed by atoms with Crippen molar-refractivity contribution in [2.24, 2.45) is 5.73 Å². The predicted octanol–water partition coefficient (Wildman–Crippen LogP) is 0.621. The maximum Gasteiger partial charge on any atom is 0.323 e. The number of benzene rings is 1. The van der Waals surface area contributed by atoms with E-state index in [9.17, 15) is 9.90 Å². The molecule has 16 heavy (non-hydrogen) atoms. The van der Waals surface area contributed by atoms with Crippen molar-refractivity contribution in [2.75, 3.05) is 13.1 Å². The van der Waals surface area contributed by atoms with E-state index in [0.29, 0.717) is 19.5 Å².